The molecule has 1 N–H and O–H groups in total. The van der Waals surface area contributed by atoms with Gasteiger partial charge in [-0.1, -0.05) is 35.5 Å². The van der Waals surface area contributed by atoms with Crippen molar-refractivity contribution in [1.82, 2.24) is 5.16 Å². The van der Waals surface area contributed by atoms with Crippen molar-refractivity contribution >= 4 is 28.7 Å². The van der Waals surface area contributed by atoms with E-state index in [2.05, 4.69) is 22.6 Å². The highest BCUT2D eigenvalue weighted by Crippen LogP contribution is 2.31. The van der Waals surface area contributed by atoms with E-state index in [1.54, 1.807) is 43.5 Å². The summed E-state index contributed by atoms with van der Waals surface area (Å²) in [6, 6.07) is 14.6. The van der Waals surface area contributed by atoms with Gasteiger partial charge in [0, 0.05) is 22.6 Å². The summed E-state index contributed by atoms with van der Waals surface area (Å²) < 4.78 is 16.3. The van der Waals surface area contributed by atoms with E-state index in [0.29, 0.717) is 11.3 Å². The Labute approximate surface area is 184 Å². The molecule has 1 aliphatic rings. The molecule has 0 aliphatic heterocycles. The van der Waals surface area contributed by atoms with Gasteiger partial charge >= 0.3 is 5.97 Å². The number of amides is 1. The molecule has 2 heterocycles. The summed E-state index contributed by atoms with van der Waals surface area (Å²) >= 11 is 0. The number of aryl methyl sites for hydroxylation is 3. The van der Waals surface area contributed by atoms with E-state index in [9.17, 15) is 9.59 Å². The number of benzene rings is 2. The number of carbonyl (C=O) groups is 2. The topological polar surface area (TPSA) is 94.6 Å². The Balaban J connectivity index is 1.36. The van der Waals surface area contributed by atoms with E-state index in [1.807, 2.05) is 6.07 Å². The van der Waals surface area contributed by atoms with Crippen LogP contribution in [-0.4, -0.2) is 17.0 Å². The Morgan fingerprint density at radius 1 is 1.12 bits per heavy atom. The second-order valence-corrected chi connectivity index (χ2v) is 8.00. The number of aromatic nitrogens is 1. The molecule has 1 aliphatic carbocycles. The van der Waals surface area contributed by atoms with Crippen LogP contribution < -0.4 is 5.32 Å². The molecule has 0 bridgehead atoms. The second-order valence-electron chi connectivity index (χ2n) is 8.00. The van der Waals surface area contributed by atoms with E-state index in [-0.39, 0.29) is 12.2 Å². The molecule has 0 fully saturated rings. The van der Waals surface area contributed by atoms with Crippen molar-refractivity contribution in [2.75, 3.05) is 5.32 Å². The van der Waals surface area contributed by atoms with Gasteiger partial charge in [0.05, 0.1) is 12.7 Å². The van der Waals surface area contributed by atoms with E-state index >= 15 is 0 Å². The summed E-state index contributed by atoms with van der Waals surface area (Å²) in [4.78, 5) is 25.8. The first-order chi connectivity index (χ1) is 15.6. The van der Waals surface area contributed by atoms with Crippen LogP contribution >= 0.6 is 0 Å². The smallest absolute Gasteiger partial charge is 0.311 e. The quantitative estimate of drug-likeness (QED) is 0.446. The molecule has 7 heteroatoms. The van der Waals surface area contributed by atoms with Crippen LogP contribution in [0.15, 0.2) is 63.7 Å². The fourth-order valence-corrected chi connectivity index (χ4v) is 4.13. The van der Waals surface area contributed by atoms with Crippen molar-refractivity contribution in [3.8, 4) is 0 Å². The number of carbonyl (C=O) groups excluding carboxylic acids is 2. The lowest BCUT2D eigenvalue weighted by Crippen LogP contribution is -2.26. The van der Waals surface area contributed by atoms with Gasteiger partial charge in [0.25, 0.3) is 5.91 Å². The molecule has 1 atom stereocenters. The number of anilines is 1. The fraction of sp³-hybridized carbons (Fsp3) is 0.240. The third kappa shape index (κ3) is 4.01. The third-order valence-electron chi connectivity index (χ3n) is 5.67. The van der Waals surface area contributed by atoms with E-state index < -0.39 is 18.0 Å². The second kappa shape index (κ2) is 8.34. The van der Waals surface area contributed by atoms with Crippen molar-refractivity contribution in [3.05, 3.63) is 82.8 Å². The number of fused-ring (bicyclic) bond motifs is 2. The summed E-state index contributed by atoms with van der Waals surface area (Å²) in [5.74, 6) is -0.202. The van der Waals surface area contributed by atoms with Crippen LogP contribution in [0.1, 0.15) is 40.5 Å². The van der Waals surface area contributed by atoms with Crippen molar-refractivity contribution in [3.63, 3.8) is 0 Å². The minimum Gasteiger partial charge on any atom is -0.464 e. The van der Waals surface area contributed by atoms with Gasteiger partial charge in [-0.05, 0) is 49.4 Å². The molecule has 0 radical (unpaired) electrons. The highest BCUT2D eigenvalue weighted by Gasteiger charge is 2.27. The molecule has 0 saturated carbocycles. The van der Waals surface area contributed by atoms with E-state index in [4.69, 9.17) is 13.7 Å². The first kappa shape index (κ1) is 20.1. The van der Waals surface area contributed by atoms with Crippen LogP contribution in [0.25, 0.3) is 11.0 Å². The lowest BCUT2D eigenvalue weighted by atomic mass is 10.0. The van der Waals surface area contributed by atoms with Gasteiger partial charge in [0.2, 0.25) is 6.10 Å². The standard InChI is InChI=1S/C25H22N2O5/c1-15-10-22(27-32-15)26-25(29)24(16-6-3-2-4-7-16)31-23(28)13-19-14-30-21-12-18-9-5-8-17(18)11-20(19)21/h2-4,6-7,10-12,14,24H,5,8-9,13H2,1H3,(H,26,27,29). The van der Waals surface area contributed by atoms with Gasteiger partial charge in [0.1, 0.15) is 11.3 Å². The third-order valence-corrected chi connectivity index (χ3v) is 5.67. The zero-order chi connectivity index (χ0) is 22.1. The molecule has 5 rings (SSSR count). The molecule has 2 aromatic heterocycles. The average Bonchev–Trinajstić information content (AvgIpc) is 3.51. The predicted octanol–water partition coefficient (Wildman–Crippen LogP) is 4.68. The number of furan rings is 1. The number of nitrogens with zero attached hydrogens (tertiary/aromatic N) is 1. The van der Waals surface area contributed by atoms with Gasteiger partial charge in [0.15, 0.2) is 5.82 Å². The fourth-order valence-electron chi connectivity index (χ4n) is 4.13. The van der Waals surface area contributed by atoms with Gasteiger partial charge in [-0.2, -0.15) is 0 Å². The minimum absolute atomic E-state index is 0.00543. The molecule has 1 amide bonds. The number of hydrogen-bond donors (Lipinski definition) is 1. The van der Waals surface area contributed by atoms with Crippen LogP contribution in [0.3, 0.4) is 0 Å². The van der Waals surface area contributed by atoms with Crippen molar-refractivity contribution < 1.29 is 23.3 Å². The van der Waals surface area contributed by atoms with Crippen LogP contribution in [0.5, 0.6) is 0 Å². The number of nitrogens with one attached hydrogen (secondary N) is 1. The molecule has 2 aromatic carbocycles. The highest BCUT2D eigenvalue weighted by molar-refractivity contribution is 5.96. The Morgan fingerprint density at radius 2 is 1.91 bits per heavy atom. The molecular formula is C25H22N2O5. The molecule has 0 saturated heterocycles. The Kier molecular flexibility index (Phi) is 5.23. The zero-order valence-corrected chi connectivity index (χ0v) is 17.6. The Morgan fingerprint density at radius 3 is 2.66 bits per heavy atom. The molecule has 0 spiro atoms. The van der Waals surface area contributed by atoms with Crippen molar-refractivity contribution in [1.29, 1.82) is 0 Å². The molecule has 7 nitrogen and oxygen atoms in total. The van der Waals surface area contributed by atoms with Crippen LogP contribution in [0, 0.1) is 6.92 Å². The zero-order valence-electron chi connectivity index (χ0n) is 17.6. The highest BCUT2D eigenvalue weighted by atomic mass is 16.5. The summed E-state index contributed by atoms with van der Waals surface area (Å²) in [7, 11) is 0. The summed E-state index contributed by atoms with van der Waals surface area (Å²) in [5, 5.41) is 7.34. The van der Waals surface area contributed by atoms with Crippen LogP contribution in [0.2, 0.25) is 0 Å². The van der Waals surface area contributed by atoms with E-state index in [0.717, 1.165) is 35.8 Å². The number of esters is 1. The van der Waals surface area contributed by atoms with Gasteiger partial charge in [-0.3, -0.25) is 9.59 Å². The molecule has 4 aromatic rings. The van der Waals surface area contributed by atoms with Crippen LogP contribution in [-0.2, 0) is 33.6 Å². The maximum absolute atomic E-state index is 12.9. The minimum atomic E-state index is -1.12. The maximum Gasteiger partial charge on any atom is 0.311 e. The first-order valence-corrected chi connectivity index (χ1v) is 10.6. The Hall–Kier alpha value is -3.87. The predicted molar refractivity (Wildman–Crippen MR) is 117 cm³/mol. The van der Waals surface area contributed by atoms with Crippen molar-refractivity contribution in [2.45, 2.75) is 38.7 Å². The summed E-state index contributed by atoms with van der Waals surface area (Å²) in [6.45, 7) is 1.72. The SMILES string of the molecule is Cc1cc(NC(=O)C(OC(=O)Cc2coc3cc4c(cc23)CCC4)c2ccccc2)no1. The number of rotatable bonds is 6. The lowest BCUT2D eigenvalue weighted by Gasteiger charge is -2.17. The number of hydrogen-bond acceptors (Lipinski definition) is 6. The average molecular weight is 430 g/mol. The largest absolute Gasteiger partial charge is 0.464 e. The number of ether oxygens (including phenoxy) is 1. The van der Waals surface area contributed by atoms with Crippen LogP contribution in [0.4, 0.5) is 5.82 Å². The normalized spacial score (nSPS) is 13.7. The van der Waals surface area contributed by atoms with E-state index in [1.165, 1.54) is 11.1 Å². The van der Waals surface area contributed by atoms with Gasteiger partial charge in [-0.15, -0.1) is 0 Å². The molecule has 32 heavy (non-hydrogen) atoms. The lowest BCUT2D eigenvalue weighted by molar-refractivity contribution is -0.154. The molecule has 162 valence electrons. The van der Waals surface area contributed by atoms with Gasteiger partial charge < -0.3 is 19.0 Å². The van der Waals surface area contributed by atoms with Gasteiger partial charge in [-0.25, -0.2) is 0 Å². The summed E-state index contributed by atoms with van der Waals surface area (Å²) in [6.07, 6.45) is 3.71. The molecular weight excluding hydrogens is 408 g/mol. The monoisotopic (exact) mass is 430 g/mol. The summed E-state index contributed by atoms with van der Waals surface area (Å²) in [5.41, 5.74) is 4.70. The maximum atomic E-state index is 12.9. The Bertz CT molecular complexity index is 1290. The van der Waals surface area contributed by atoms with Crippen molar-refractivity contribution in [2.24, 2.45) is 0 Å². The molecule has 1 unspecified atom stereocenters. The first-order valence-electron chi connectivity index (χ1n) is 10.6.